The quantitative estimate of drug-likeness (QED) is 0.925. The van der Waals surface area contributed by atoms with E-state index in [-0.39, 0.29) is 24.8 Å². The van der Waals surface area contributed by atoms with E-state index in [2.05, 4.69) is 0 Å². The summed E-state index contributed by atoms with van der Waals surface area (Å²) < 4.78 is 24.7. The lowest BCUT2D eigenvalue weighted by Gasteiger charge is -2.19. The summed E-state index contributed by atoms with van der Waals surface area (Å²) in [5.41, 5.74) is 7.66. The molecule has 3 nitrogen and oxygen atoms in total. The van der Waals surface area contributed by atoms with Crippen LogP contribution >= 0.6 is 12.4 Å². The second-order valence-corrected chi connectivity index (χ2v) is 4.37. The zero-order valence-electron chi connectivity index (χ0n) is 10.8. The second-order valence-electron chi connectivity index (χ2n) is 4.37. The Kier molecular flexibility index (Phi) is 4.47. The summed E-state index contributed by atoms with van der Waals surface area (Å²) in [5, 5.41) is 0. The number of rotatable bonds is 2. The molecule has 0 saturated heterocycles. The van der Waals surface area contributed by atoms with Crippen LogP contribution < -0.4 is 15.2 Å². The van der Waals surface area contributed by atoms with Crippen LogP contribution in [-0.4, -0.2) is 13.2 Å². The van der Waals surface area contributed by atoms with Crippen LogP contribution in [0.5, 0.6) is 11.5 Å². The molecule has 0 aliphatic carbocycles. The van der Waals surface area contributed by atoms with Crippen LogP contribution in [-0.2, 0) is 6.54 Å². The van der Waals surface area contributed by atoms with E-state index in [4.69, 9.17) is 15.2 Å². The third kappa shape index (κ3) is 2.71. The van der Waals surface area contributed by atoms with Crippen molar-refractivity contribution in [2.45, 2.75) is 6.54 Å². The van der Waals surface area contributed by atoms with Gasteiger partial charge < -0.3 is 15.2 Å². The Morgan fingerprint density at radius 1 is 0.950 bits per heavy atom. The van der Waals surface area contributed by atoms with Crippen molar-refractivity contribution in [1.82, 2.24) is 0 Å². The lowest BCUT2D eigenvalue weighted by Crippen LogP contribution is -2.15. The maximum Gasteiger partial charge on any atom is 0.161 e. The standard InChI is InChI=1S/C15H14FNO2.ClH/c16-13-7-10(1-2-12(13)9-17)11-3-4-14-15(8-11)19-6-5-18-14;/h1-4,7-8H,5-6,9,17H2;1H. The van der Waals surface area contributed by atoms with E-state index in [9.17, 15) is 4.39 Å². The van der Waals surface area contributed by atoms with Gasteiger partial charge >= 0.3 is 0 Å². The van der Waals surface area contributed by atoms with Gasteiger partial charge in [0, 0.05) is 12.1 Å². The zero-order valence-corrected chi connectivity index (χ0v) is 11.6. The number of benzene rings is 2. The van der Waals surface area contributed by atoms with Crippen LogP contribution in [0.3, 0.4) is 0 Å². The van der Waals surface area contributed by atoms with E-state index in [0.29, 0.717) is 24.5 Å². The molecule has 0 atom stereocenters. The number of ether oxygens (including phenoxy) is 2. The van der Waals surface area contributed by atoms with E-state index in [1.54, 1.807) is 6.07 Å². The van der Waals surface area contributed by atoms with Crippen LogP contribution in [0.1, 0.15) is 5.56 Å². The maximum absolute atomic E-state index is 13.7. The summed E-state index contributed by atoms with van der Waals surface area (Å²) in [6.45, 7) is 1.30. The van der Waals surface area contributed by atoms with Crippen LogP contribution in [0.25, 0.3) is 11.1 Å². The van der Waals surface area contributed by atoms with Gasteiger partial charge in [-0.15, -0.1) is 12.4 Å². The molecule has 2 N–H and O–H groups in total. The molecule has 0 spiro atoms. The third-order valence-electron chi connectivity index (χ3n) is 3.15. The van der Waals surface area contributed by atoms with Gasteiger partial charge in [0.05, 0.1) is 0 Å². The summed E-state index contributed by atoms with van der Waals surface area (Å²) in [7, 11) is 0. The Bertz CT molecular complexity index is 619. The molecule has 0 bridgehead atoms. The first-order valence-electron chi connectivity index (χ1n) is 6.16. The molecular weight excluding hydrogens is 281 g/mol. The van der Waals surface area contributed by atoms with Crippen molar-refractivity contribution in [3.05, 3.63) is 47.8 Å². The van der Waals surface area contributed by atoms with Gasteiger partial charge in [0.1, 0.15) is 19.0 Å². The topological polar surface area (TPSA) is 44.5 Å². The summed E-state index contributed by atoms with van der Waals surface area (Å²) in [6, 6.07) is 10.7. The highest BCUT2D eigenvalue weighted by atomic mass is 35.5. The fraction of sp³-hybridized carbons (Fsp3) is 0.200. The van der Waals surface area contributed by atoms with Crippen LogP contribution in [0.15, 0.2) is 36.4 Å². The van der Waals surface area contributed by atoms with Crippen molar-refractivity contribution < 1.29 is 13.9 Å². The third-order valence-corrected chi connectivity index (χ3v) is 3.15. The van der Waals surface area contributed by atoms with Crippen LogP contribution in [0.2, 0.25) is 0 Å². The number of fused-ring (bicyclic) bond motifs is 1. The highest BCUT2D eigenvalue weighted by molar-refractivity contribution is 5.85. The lowest BCUT2D eigenvalue weighted by atomic mass is 10.0. The molecule has 106 valence electrons. The first-order chi connectivity index (χ1) is 9.28. The van der Waals surface area contributed by atoms with Gasteiger partial charge in [-0.1, -0.05) is 18.2 Å². The van der Waals surface area contributed by atoms with Crippen LogP contribution in [0, 0.1) is 5.82 Å². The molecular formula is C15H15ClFNO2. The van der Waals surface area contributed by atoms with Crippen molar-refractivity contribution in [2.75, 3.05) is 13.2 Å². The molecule has 0 unspecified atom stereocenters. The normalized spacial score (nSPS) is 12.7. The molecule has 2 aromatic carbocycles. The molecule has 0 amide bonds. The molecule has 0 fully saturated rings. The predicted molar refractivity (Wildman–Crippen MR) is 78.0 cm³/mol. The molecule has 2 aromatic rings. The Hall–Kier alpha value is -1.78. The summed E-state index contributed by atoms with van der Waals surface area (Å²) >= 11 is 0. The van der Waals surface area contributed by atoms with Gasteiger partial charge in [0.15, 0.2) is 11.5 Å². The zero-order chi connectivity index (χ0) is 13.2. The lowest BCUT2D eigenvalue weighted by molar-refractivity contribution is 0.171. The Balaban J connectivity index is 0.00000147. The highest BCUT2D eigenvalue weighted by Gasteiger charge is 2.13. The average Bonchev–Trinajstić information content (AvgIpc) is 2.46. The van der Waals surface area contributed by atoms with E-state index in [0.717, 1.165) is 16.9 Å². The number of halogens is 2. The van der Waals surface area contributed by atoms with Crippen molar-refractivity contribution >= 4 is 12.4 Å². The SMILES string of the molecule is Cl.NCc1ccc(-c2ccc3c(c2)OCCO3)cc1F. The van der Waals surface area contributed by atoms with Crippen molar-refractivity contribution in [1.29, 1.82) is 0 Å². The molecule has 0 radical (unpaired) electrons. The Labute approximate surface area is 122 Å². The number of hydrogen-bond donors (Lipinski definition) is 1. The van der Waals surface area contributed by atoms with E-state index in [1.807, 2.05) is 24.3 Å². The van der Waals surface area contributed by atoms with Crippen molar-refractivity contribution in [3.63, 3.8) is 0 Å². The fourth-order valence-electron chi connectivity index (χ4n) is 2.12. The fourth-order valence-corrected chi connectivity index (χ4v) is 2.12. The smallest absolute Gasteiger partial charge is 0.161 e. The minimum atomic E-state index is -0.283. The van der Waals surface area contributed by atoms with E-state index in [1.165, 1.54) is 6.07 Å². The van der Waals surface area contributed by atoms with E-state index >= 15 is 0 Å². The molecule has 1 aliphatic rings. The minimum Gasteiger partial charge on any atom is -0.486 e. The first kappa shape index (κ1) is 14.6. The van der Waals surface area contributed by atoms with Gasteiger partial charge in [-0.05, 0) is 29.3 Å². The molecule has 3 rings (SSSR count). The van der Waals surface area contributed by atoms with Crippen LogP contribution in [0.4, 0.5) is 4.39 Å². The molecule has 20 heavy (non-hydrogen) atoms. The molecule has 5 heteroatoms. The average molecular weight is 296 g/mol. The second kappa shape index (κ2) is 6.11. The molecule has 0 saturated carbocycles. The van der Waals surface area contributed by atoms with Gasteiger partial charge in [-0.2, -0.15) is 0 Å². The maximum atomic E-state index is 13.7. The summed E-state index contributed by atoms with van der Waals surface area (Å²) in [5.74, 6) is 1.15. The molecule has 0 aromatic heterocycles. The monoisotopic (exact) mass is 295 g/mol. The molecule has 1 heterocycles. The van der Waals surface area contributed by atoms with Crippen molar-refractivity contribution in [2.24, 2.45) is 5.73 Å². The first-order valence-corrected chi connectivity index (χ1v) is 6.16. The largest absolute Gasteiger partial charge is 0.486 e. The van der Waals surface area contributed by atoms with Gasteiger partial charge in [-0.3, -0.25) is 0 Å². The van der Waals surface area contributed by atoms with Crippen molar-refractivity contribution in [3.8, 4) is 22.6 Å². The van der Waals surface area contributed by atoms with Gasteiger partial charge in [-0.25, -0.2) is 4.39 Å². The molecule has 1 aliphatic heterocycles. The number of nitrogens with two attached hydrogens (primary N) is 1. The van der Waals surface area contributed by atoms with E-state index < -0.39 is 0 Å². The summed E-state index contributed by atoms with van der Waals surface area (Å²) in [4.78, 5) is 0. The Morgan fingerprint density at radius 3 is 2.30 bits per heavy atom. The Morgan fingerprint density at radius 2 is 1.60 bits per heavy atom. The van der Waals surface area contributed by atoms with Gasteiger partial charge in [0.2, 0.25) is 0 Å². The minimum absolute atomic E-state index is 0. The highest BCUT2D eigenvalue weighted by Crippen LogP contribution is 2.34. The predicted octanol–water partition coefficient (Wildman–Crippen LogP) is 3.14. The van der Waals surface area contributed by atoms with Gasteiger partial charge in [0.25, 0.3) is 0 Å². The number of hydrogen-bond acceptors (Lipinski definition) is 3. The summed E-state index contributed by atoms with van der Waals surface area (Å²) in [6.07, 6.45) is 0.